The summed E-state index contributed by atoms with van der Waals surface area (Å²) < 4.78 is 17.3. The lowest BCUT2D eigenvalue weighted by atomic mass is 10.3. The SMILES string of the molecule is C=CCCCO[Si](OCC)(OCC)SCC.[SiH4]. The molecule has 3 nitrogen and oxygen atoms in total. The molecule has 0 bridgehead atoms. The molecule has 0 aliphatic heterocycles. The maximum atomic E-state index is 5.86. The molecule has 0 heterocycles. The van der Waals surface area contributed by atoms with E-state index in [4.69, 9.17) is 13.3 Å². The van der Waals surface area contributed by atoms with Crippen molar-refractivity contribution in [3.05, 3.63) is 12.7 Å². The highest BCUT2D eigenvalue weighted by molar-refractivity contribution is 8.26. The summed E-state index contributed by atoms with van der Waals surface area (Å²) in [6, 6.07) is 0. The average Bonchev–Trinajstić information content (AvgIpc) is 2.26. The zero-order valence-electron chi connectivity index (χ0n) is 10.7. The highest BCUT2D eigenvalue weighted by atomic mass is 32.4. The molecule has 0 spiro atoms. The Labute approximate surface area is 115 Å². The van der Waals surface area contributed by atoms with Gasteiger partial charge in [-0.05, 0) is 43.4 Å². The Kier molecular flexibility index (Phi) is 14.9. The fourth-order valence-electron chi connectivity index (χ4n) is 1.21. The molecule has 0 aromatic carbocycles. The van der Waals surface area contributed by atoms with E-state index < -0.39 is 7.95 Å². The van der Waals surface area contributed by atoms with E-state index in [2.05, 4.69) is 13.5 Å². The first kappa shape index (κ1) is 19.7. The standard InChI is InChI=1S/C11H24O3SSi.H4Si/c1-5-9-10-11-14-16(12-6-2,13-7-3)15-8-4;/h5H,1,6-11H2,2-4H3;1H4. The van der Waals surface area contributed by atoms with E-state index in [1.54, 1.807) is 11.2 Å². The first-order valence-corrected chi connectivity index (χ1v) is 9.34. The van der Waals surface area contributed by atoms with Gasteiger partial charge in [-0.2, -0.15) is 0 Å². The number of hydrogen-bond donors (Lipinski definition) is 0. The van der Waals surface area contributed by atoms with Gasteiger partial charge in [-0.3, -0.25) is 0 Å². The predicted octanol–water partition coefficient (Wildman–Crippen LogP) is 1.78. The minimum absolute atomic E-state index is 0. The Balaban J connectivity index is 0. The molecule has 0 amide bonds. The third kappa shape index (κ3) is 9.04. The molecule has 0 N–H and O–H groups in total. The van der Waals surface area contributed by atoms with Gasteiger partial charge >= 0.3 is 7.95 Å². The predicted molar refractivity (Wildman–Crippen MR) is 83.9 cm³/mol. The zero-order valence-corrected chi connectivity index (χ0v) is 12.5. The van der Waals surface area contributed by atoms with Crippen LogP contribution in [0.1, 0.15) is 33.6 Å². The van der Waals surface area contributed by atoms with Crippen LogP contribution in [0.15, 0.2) is 12.7 Å². The molecule has 0 aliphatic rings. The smallest absolute Gasteiger partial charge is 0.366 e. The van der Waals surface area contributed by atoms with Gasteiger partial charge in [0.15, 0.2) is 0 Å². The lowest BCUT2D eigenvalue weighted by Crippen LogP contribution is -2.43. The summed E-state index contributed by atoms with van der Waals surface area (Å²) in [5.41, 5.74) is 0. The van der Waals surface area contributed by atoms with Crippen molar-refractivity contribution >= 4 is 30.1 Å². The van der Waals surface area contributed by atoms with Gasteiger partial charge in [0.1, 0.15) is 0 Å². The lowest BCUT2D eigenvalue weighted by molar-refractivity contribution is 0.0912. The molecular formula is C11H28O3SSi2. The Hall–Kier alpha value is 0.404. The fraction of sp³-hybridized carbons (Fsp3) is 0.818. The molecule has 104 valence electrons. The Bertz CT molecular complexity index is 165. The van der Waals surface area contributed by atoms with Crippen molar-refractivity contribution in [3.8, 4) is 0 Å². The second-order valence-corrected chi connectivity index (χ2v) is 8.18. The summed E-state index contributed by atoms with van der Waals surface area (Å²) in [5, 5.41) is 0. The molecule has 0 saturated heterocycles. The molecule has 0 aromatic rings. The Morgan fingerprint density at radius 2 is 1.71 bits per heavy atom. The van der Waals surface area contributed by atoms with E-state index in [1.165, 1.54) is 0 Å². The molecule has 0 aliphatic carbocycles. The Morgan fingerprint density at radius 1 is 1.12 bits per heavy atom. The first-order valence-electron chi connectivity index (χ1n) is 5.91. The largest absolute Gasteiger partial charge is 0.573 e. The second-order valence-electron chi connectivity index (χ2n) is 3.08. The summed E-state index contributed by atoms with van der Waals surface area (Å²) >= 11 is 1.68. The summed E-state index contributed by atoms with van der Waals surface area (Å²) in [5.74, 6) is 0.952. The van der Waals surface area contributed by atoms with E-state index in [-0.39, 0.29) is 11.0 Å². The van der Waals surface area contributed by atoms with Crippen molar-refractivity contribution in [1.29, 1.82) is 0 Å². The van der Waals surface area contributed by atoms with E-state index in [0.29, 0.717) is 19.8 Å². The lowest BCUT2D eigenvalue weighted by Gasteiger charge is -2.27. The van der Waals surface area contributed by atoms with Gasteiger partial charge < -0.3 is 13.3 Å². The monoisotopic (exact) mass is 296 g/mol. The third-order valence-corrected chi connectivity index (χ3v) is 7.27. The van der Waals surface area contributed by atoms with Crippen LogP contribution in [0, 0.1) is 0 Å². The summed E-state index contributed by atoms with van der Waals surface area (Å²) in [6.07, 6.45) is 3.85. The van der Waals surface area contributed by atoms with E-state index in [0.717, 1.165) is 18.6 Å². The van der Waals surface area contributed by atoms with Gasteiger partial charge in [-0.1, -0.05) is 24.2 Å². The van der Waals surface area contributed by atoms with Crippen LogP contribution >= 0.6 is 11.2 Å². The van der Waals surface area contributed by atoms with Crippen molar-refractivity contribution in [2.24, 2.45) is 0 Å². The molecular weight excluding hydrogens is 268 g/mol. The minimum Gasteiger partial charge on any atom is -0.366 e. The summed E-state index contributed by atoms with van der Waals surface area (Å²) in [6.45, 7) is 11.7. The van der Waals surface area contributed by atoms with Crippen LogP contribution in [0.3, 0.4) is 0 Å². The summed E-state index contributed by atoms with van der Waals surface area (Å²) in [7, 11) is -2.46. The quantitative estimate of drug-likeness (QED) is 0.330. The van der Waals surface area contributed by atoms with Crippen LogP contribution in [-0.2, 0) is 13.3 Å². The Morgan fingerprint density at radius 3 is 2.12 bits per heavy atom. The van der Waals surface area contributed by atoms with Gasteiger partial charge in [0.25, 0.3) is 0 Å². The normalized spacial score (nSPS) is 11.0. The maximum Gasteiger partial charge on any atom is 0.573 e. The minimum atomic E-state index is -2.46. The zero-order chi connectivity index (χ0) is 12.3. The summed E-state index contributed by atoms with van der Waals surface area (Å²) in [4.78, 5) is 0. The number of allylic oxidation sites excluding steroid dienone is 1. The molecule has 0 unspecified atom stereocenters. The highest BCUT2D eigenvalue weighted by Crippen LogP contribution is 2.24. The molecule has 0 radical (unpaired) electrons. The number of unbranched alkanes of at least 4 members (excludes halogenated alkanes) is 1. The second kappa shape index (κ2) is 12.9. The van der Waals surface area contributed by atoms with Gasteiger partial charge in [-0.15, -0.1) is 6.58 Å². The maximum absolute atomic E-state index is 5.86. The molecule has 0 aromatic heterocycles. The van der Waals surface area contributed by atoms with Gasteiger partial charge in [0.2, 0.25) is 0 Å². The number of hydrogen-bond acceptors (Lipinski definition) is 4. The van der Waals surface area contributed by atoms with Crippen LogP contribution in [0.25, 0.3) is 0 Å². The number of rotatable bonds is 11. The van der Waals surface area contributed by atoms with Crippen LogP contribution in [0.5, 0.6) is 0 Å². The highest BCUT2D eigenvalue weighted by Gasteiger charge is 2.41. The van der Waals surface area contributed by atoms with Crippen molar-refractivity contribution in [2.75, 3.05) is 25.6 Å². The molecule has 0 fully saturated rings. The van der Waals surface area contributed by atoms with Crippen LogP contribution in [0.2, 0.25) is 0 Å². The van der Waals surface area contributed by atoms with Crippen molar-refractivity contribution < 1.29 is 13.3 Å². The average molecular weight is 297 g/mol. The van der Waals surface area contributed by atoms with Crippen LogP contribution < -0.4 is 0 Å². The molecule has 0 rings (SSSR count). The van der Waals surface area contributed by atoms with E-state index >= 15 is 0 Å². The van der Waals surface area contributed by atoms with E-state index in [9.17, 15) is 0 Å². The van der Waals surface area contributed by atoms with Crippen molar-refractivity contribution in [1.82, 2.24) is 0 Å². The first-order chi connectivity index (χ1) is 7.74. The van der Waals surface area contributed by atoms with Gasteiger partial charge in [0.05, 0.1) is 0 Å². The van der Waals surface area contributed by atoms with E-state index in [1.807, 2.05) is 19.9 Å². The van der Waals surface area contributed by atoms with Crippen molar-refractivity contribution in [2.45, 2.75) is 33.6 Å². The topological polar surface area (TPSA) is 27.7 Å². The van der Waals surface area contributed by atoms with Crippen molar-refractivity contribution in [3.63, 3.8) is 0 Å². The van der Waals surface area contributed by atoms with Gasteiger partial charge in [-0.25, -0.2) is 0 Å². The molecule has 6 heteroatoms. The third-order valence-electron chi connectivity index (χ3n) is 1.79. The van der Waals surface area contributed by atoms with Gasteiger partial charge in [0, 0.05) is 19.8 Å². The molecule has 17 heavy (non-hydrogen) atoms. The molecule has 0 atom stereocenters. The molecule has 0 saturated carbocycles. The van der Waals surface area contributed by atoms with Crippen LogP contribution in [0.4, 0.5) is 0 Å². The van der Waals surface area contributed by atoms with Crippen LogP contribution in [-0.4, -0.2) is 44.5 Å². The fourth-order valence-corrected chi connectivity index (χ4v) is 5.93.